The van der Waals surface area contributed by atoms with Gasteiger partial charge in [-0.15, -0.1) is 0 Å². The van der Waals surface area contributed by atoms with Gasteiger partial charge in [-0.2, -0.15) is 0 Å². The van der Waals surface area contributed by atoms with E-state index in [1.54, 1.807) is 6.92 Å². The van der Waals surface area contributed by atoms with E-state index in [9.17, 15) is 18.4 Å². The Labute approximate surface area is 155 Å². The molecule has 5 nitrogen and oxygen atoms in total. The Morgan fingerprint density at radius 3 is 2.12 bits per heavy atom. The molecule has 0 aromatic heterocycles. The molecular weight excluding hydrogens is 358 g/mol. The zero-order valence-electron chi connectivity index (χ0n) is 16.7. The van der Waals surface area contributed by atoms with E-state index in [1.807, 2.05) is 0 Å². The molecule has 2 atom stereocenters. The number of hydrogen-bond acceptors (Lipinski definition) is 3. The molecule has 2 aliphatic rings. The quantitative estimate of drug-likeness (QED) is 0.578. The number of β-lactam (4-membered cyclic amide) rings is 1. The Morgan fingerprint density at radius 2 is 1.73 bits per heavy atom. The molecule has 0 aromatic rings. The fourth-order valence-electron chi connectivity index (χ4n) is 3.71. The van der Waals surface area contributed by atoms with Gasteiger partial charge >= 0.3 is 0 Å². The number of nitrogens with zero attached hydrogens (tertiary/aromatic N) is 1. The molecule has 0 bridgehead atoms. The van der Waals surface area contributed by atoms with Crippen LogP contribution in [0.15, 0.2) is 0 Å². The largest absolute Gasteiger partial charge is 0.412 e. The molecule has 1 spiro atoms. The lowest BCUT2D eigenvalue weighted by Crippen LogP contribution is -2.70. The number of alkyl halides is 2. The van der Waals surface area contributed by atoms with Gasteiger partial charge in [-0.25, -0.2) is 8.78 Å². The molecule has 2 fully saturated rings. The van der Waals surface area contributed by atoms with Crippen LogP contribution in [0.25, 0.3) is 0 Å². The van der Waals surface area contributed by atoms with E-state index in [4.69, 9.17) is 10.2 Å². The molecule has 8 heteroatoms. The summed E-state index contributed by atoms with van der Waals surface area (Å²) in [6.45, 7) is 12.5. The van der Waals surface area contributed by atoms with E-state index in [1.165, 1.54) is 4.90 Å². The first-order valence-corrected chi connectivity index (χ1v) is 12.2. The first-order valence-electron chi connectivity index (χ1n) is 9.28. The highest BCUT2D eigenvalue weighted by atomic mass is 28.4. The molecule has 0 aromatic carbocycles. The normalized spacial score (nSPS) is 24.9. The summed E-state index contributed by atoms with van der Waals surface area (Å²) in [6.07, 6.45) is -0.746. The second-order valence-corrected chi connectivity index (χ2v) is 14.3. The predicted molar refractivity (Wildman–Crippen MR) is 98.3 cm³/mol. The molecule has 1 saturated carbocycles. The fourth-order valence-corrected chi connectivity index (χ4v) is 5.13. The number of rotatable bonds is 5. The molecule has 2 N–H and O–H groups in total. The van der Waals surface area contributed by atoms with Crippen molar-refractivity contribution in [1.82, 2.24) is 4.90 Å². The van der Waals surface area contributed by atoms with Crippen LogP contribution in [0.2, 0.25) is 18.1 Å². The monoisotopic (exact) mass is 390 g/mol. The predicted octanol–water partition coefficient (Wildman–Crippen LogP) is 3.29. The van der Waals surface area contributed by atoms with Crippen LogP contribution in [0.4, 0.5) is 8.78 Å². The summed E-state index contributed by atoms with van der Waals surface area (Å²) in [5.74, 6) is -3.53. The molecule has 0 radical (unpaired) electrons. The molecule has 1 saturated heterocycles. The Balaban J connectivity index is 2.10. The van der Waals surface area contributed by atoms with E-state index in [0.717, 1.165) is 0 Å². The van der Waals surface area contributed by atoms with Crippen molar-refractivity contribution < 1.29 is 22.8 Å². The van der Waals surface area contributed by atoms with Crippen LogP contribution in [0.5, 0.6) is 0 Å². The molecule has 2 amide bonds. The Morgan fingerprint density at radius 1 is 1.23 bits per heavy atom. The van der Waals surface area contributed by atoms with E-state index in [2.05, 4.69) is 33.9 Å². The second kappa shape index (κ2) is 6.55. The third-order valence-electron chi connectivity index (χ3n) is 6.48. The maximum Gasteiger partial charge on any atom is 0.248 e. The maximum absolute atomic E-state index is 13.4. The van der Waals surface area contributed by atoms with Gasteiger partial charge in [-0.05, 0) is 37.9 Å². The maximum atomic E-state index is 13.4. The molecule has 26 heavy (non-hydrogen) atoms. The smallest absolute Gasteiger partial charge is 0.248 e. The summed E-state index contributed by atoms with van der Waals surface area (Å²) in [6, 6.07) is -0.857. The summed E-state index contributed by atoms with van der Waals surface area (Å²) in [7, 11) is -2.15. The Bertz CT molecular complexity index is 579. The fraction of sp³-hybridized carbons (Fsp3) is 0.889. The van der Waals surface area contributed by atoms with E-state index >= 15 is 0 Å². The topological polar surface area (TPSA) is 72.6 Å². The van der Waals surface area contributed by atoms with Crippen molar-refractivity contribution in [3.63, 3.8) is 0 Å². The number of carbonyl (C=O) groups is 2. The van der Waals surface area contributed by atoms with Crippen molar-refractivity contribution in [3.05, 3.63) is 0 Å². The van der Waals surface area contributed by atoms with Crippen LogP contribution in [0.1, 0.15) is 53.4 Å². The van der Waals surface area contributed by atoms with Gasteiger partial charge in [-0.1, -0.05) is 20.8 Å². The highest BCUT2D eigenvalue weighted by Crippen LogP contribution is 2.50. The first kappa shape index (κ1) is 21.3. The minimum absolute atomic E-state index is 0.0431. The van der Waals surface area contributed by atoms with Crippen LogP contribution in [-0.4, -0.2) is 49.6 Å². The van der Waals surface area contributed by atoms with Crippen LogP contribution >= 0.6 is 0 Å². The summed E-state index contributed by atoms with van der Waals surface area (Å²) < 4.78 is 33.1. The summed E-state index contributed by atoms with van der Waals surface area (Å²) in [5, 5.41) is -0.0431. The molecule has 150 valence electrons. The molecule has 1 heterocycles. The number of amides is 2. The van der Waals surface area contributed by atoms with Gasteiger partial charge in [0.2, 0.25) is 17.7 Å². The minimum atomic E-state index is -2.69. The van der Waals surface area contributed by atoms with Gasteiger partial charge in [0, 0.05) is 19.4 Å². The zero-order chi connectivity index (χ0) is 20.1. The molecule has 0 unspecified atom stereocenters. The summed E-state index contributed by atoms with van der Waals surface area (Å²) in [4.78, 5) is 26.3. The number of carbonyl (C=O) groups excluding carboxylic acids is 2. The van der Waals surface area contributed by atoms with Crippen molar-refractivity contribution >= 4 is 20.1 Å². The lowest BCUT2D eigenvalue weighted by molar-refractivity contribution is -0.181. The van der Waals surface area contributed by atoms with E-state index < -0.39 is 37.7 Å². The van der Waals surface area contributed by atoms with Gasteiger partial charge in [0.15, 0.2) is 8.32 Å². The van der Waals surface area contributed by atoms with E-state index in [-0.39, 0.29) is 36.6 Å². The molecular formula is C18H32F2N2O3Si. The third kappa shape index (κ3) is 3.81. The Hall–Kier alpha value is -1.02. The van der Waals surface area contributed by atoms with Gasteiger partial charge in [0.1, 0.15) is 6.04 Å². The third-order valence-corrected chi connectivity index (χ3v) is 11.1. The number of likely N-dealkylation sites (tertiary alicyclic amines) is 1. The zero-order valence-corrected chi connectivity index (χ0v) is 17.7. The van der Waals surface area contributed by atoms with Crippen molar-refractivity contribution in [3.8, 4) is 0 Å². The SMILES string of the molecule is C[C@@H](O[Si](C)(C)C(C)(C)C)[C@@H](C(N)=O)N1CC2(CCC(F)(F)CC2)C1=O. The van der Waals surface area contributed by atoms with Crippen LogP contribution < -0.4 is 5.73 Å². The standard InChI is InChI=1S/C18H32F2N2O3Si/c1-12(25-26(5,6)16(2,3)4)13(14(21)23)22-11-17(15(22)24)7-9-18(19,20)10-8-17/h12-13H,7-11H2,1-6H3,(H2,21,23)/t12-,13+/m1/s1. The van der Waals surface area contributed by atoms with Gasteiger partial charge < -0.3 is 15.1 Å². The lowest BCUT2D eigenvalue weighted by atomic mass is 9.66. The highest BCUT2D eigenvalue weighted by Gasteiger charge is 2.59. The van der Waals surface area contributed by atoms with Crippen molar-refractivity contribution in [2.75, 3.05) is 6.54 Å². The van der Waals surface area contributed by atoms with Gasteiger partial charge in [0.05, 0.1) is 11.5 Å². The van der Waals surface area contributed by atoms with Gasteiger partial charge in [-0.3, -0.25) is 9.59 Å². The number of nitrogens with two attached hydrogens (primary N) is 1. The lowest BCUT2D eigenvalue weighted by Gasteiger charge is -2.55. The summed E-state index contributed by atoms with van der Waals surface area (Å²) >= 11 is 0. The van der Waals surface area contributed by atoms with Crippen LogP contribution in [0.3, 0.4) is 0 Å². The average molecular weight is 391 g/mol. The van der Waals surface area contributed by atoms with Gasteiger partial charge in [0.25, 0.3) is 0 Å². The number of halogens is 2. The first-order chi connectivity index (χ1) is 11.6. The number of hydrogen-bond donors (Lipinski definition) is 1. The van der Waals surface area contributed by atoms with Crippen LogP contribution in [0, 0.1) is 5.41 Å². The summed E-state index contributed by atoms with van der Waals surface area (Å²) in [5.41, 5.74) is 4.84. The van der Waals surface area contributed by atoms with Crippen LogP contribution in [-0.2, 0) is 14.0 Å². The average Bonchev–Trinajstić information content (AvgIpc) is 2.46. The Kier molecular flexibility index (Phi) is 5.36. The number of primary amides is 1. The molecule has 1 aliphatic carbocycles. The second-order valence-electron chi connectivity index (χ2n) is 9.50. The highest BCUT2D eigenvalue weighted by molar-refractivity contribution is 6.74. The molecule has 1 aliphatic heterocycles. The van der Waals surface area contributed by atoms with Crippen molar-refractivity contribution in [1.29, 1.82) is 0 Å². The van der Waals surface area contributed by atoms with Crippen molar-refractivity contribution in [2.45, 2.75) is 89.6 Å². The van der Waals surface area contributed by atoms with E-state index in [0.29, 0.717) is 6.54 Å². The van der Waals surface area contributed by atoms with Crippen molar-refractivity contribution in [2.24, 2.45) is 11.1 Å². The minimum Gasteiger partial charge on any atom is -0.412 e. The molecule has 2 rings (SSSR count).